The molecule has 0 saturated heterocycles. The van der Waals surface area contributed by atoms with Gasteiger partial charge in [-0.05, 0) is 48.3 Å². The summed E-state index contributed by atoms with van der Waals surface area (Å²) in [6, 6.07) is 0. The van der Waals surface area contributed by atoms with Crippen LogP contribution in [0.5, 0.6) is 0 Å². The van der Waals surface area contributed by atoms with Gasteiger partial charge < -0.3 is 0 Å². The lowest BCUT2D eigenvalue weighted by atomic mass is 9.55. The molecule has 0 aromatic rings. The summed E-state index contributed by atoms with van der Waals surface area (Å²) < 4.78 is 0. The van der Waals surface area contributed by atoms with Crippen molar-refractivity contribution in [2.45, 2.75) is 53.4 Å². The summed E-state index contributed by atoms with van der Waals surface area (Å²) in [7, 11) is 0. The summed E-state index contributed by atoms with van der Waals surface area (Å²) in [6.07, 6.45) is 6.04. The zero-order valence-electron chi connectivity index (χ0n) is 10.3. The van der Waals surface area contributed by atoms with Gasteiger partial charge in [0.15, 0.2) is 0 Å². The Hall–Kier alpha value is 0. The van der Waals surface area contributed by atoms with Crippen molar-refractivity contribution in [3.8, 4) is 0 Å². The zero-order valence-corrected chi connectivity index (χ0v) is 10.3. The third-order valence-corrected chi connectivity index (χ3v) is 5.71. The molecule has 6 atom stereocenters. The summed E-state index contributed by atoms with van der Waals surface area (Å²) in [4.78, 5) is 0. The van der Waals surface area contributed by atoms with Gasteiger partial charge >= 0.3 is 0 Å². The van der Waals surface area contributed by atoms with Gasteiger partial charge in [0.1, 0.15) is 0 Å². The Kier molecular flexibility index (Phi) is 2.91. The molecule has 0 aliphatic heterocycles. The van der Waals surface area contributed by atoms with Crippen molar-refractivity contribution in [3.05, 3.63) is 0 Å². The summed E-state index contributed by atoms with van der Waals surface area (Å²) in [6.45, 7) is 9.99. The van der Waals surface area contributed by atoms with E-state index in [9.17, 15) is 0 Å². The van der Waals surface area contributed by atoms with E-state index in [0.29, 0.717) is 0 Å². The summed E-state index contributed by atoms with van der Waals surface area (Å²) in [5, 5.41) is 0. The topological polar surface area (TPSA) is 0 Å². The van der Waals surface area contributed by atoms with Crippen molar-refractivity contribution < 1.29 is 0 Å². The second-order valence-corrected chi connectivity index (χ2v) is 6.05. The minimum absolute atomic E-state index is 0.948. The van der Waals surface area contributed by atoms with Crippen LogP contribution in [0.2, 0.25) is 0 Å². The fraction of sp³-hybridized carbons (Fsp3) is 1.00. The Morgan fingerprint density at radius 2 is 0.929 bits per heavy atom. The van der Waals surface area contributed by atoms with E-state index >= 15 is 0 Å². The molecule has 0 aromatic carbocycles. The van der Waals surface area contributed by atoms with Crippen LogP contribution in [0.1, 0.15) is 53.4 Å². The predicted molar refractivity (Wildman–Crippen MR) is 62.1 cm³/mol. The number of hydrogen-bond acceptors (Lipinski definition) is 0. The van der Waals surface area contributed by atoms with Crippen molar-refractivity contribution in [3.63, 3.8) is 0 Å². The van der Waals surface area contributed by atoms with Crippen molar-refractivity contribution in [2.75, 3.05) is 0 Å². The van der Waals surface area contributed by atoms with E-state index < -0.39 is 0 Å². The van der Waals surface area contributed by atoms with Gasteiger partial charge in [0.2, 0.25) is 0 Å². The number of fused-ring (bicyclic) bond motifs is 1. The first-order valence-electron chi connectivity index (χ1n) is 6.63. The van der Waals surface area contributed by atoms with Crippen LogP contribution < -0.4 is 0 Å². The highest BCUT2D eigenvalue weighted by Crippen LogP contribution is 2.51. The van der Waals surface area contributed by atoms with Crippen LogP contribution in [-0.4, -0.2) is 0 Å². The molecule has 2 saturated carbocycles. The maximum atomic E-state index is 2.51. The predicted octanol–water partition coefficient (Wildman–Crippen LogP) is 4.35. The van der Waals surface area contributed by atoms with Crippen LogP contribution in [0.25, 0.3) is 0 Å². The average molecular weight is 194 g/mol. The molecule has 82 valence electrons. The Labute approximate surface area is 89.5 Å². The minimum Gasteiger partial charge on any atom is -0.0620 e. The first-order valence-corrected chi connectivity index (χ1v) is 6.63. The molecule has 2 aliphatic carbocycles. The molecule has 0 amide bonds. The highest BCUT2D eigenvalue weighted by Gasteiger charge is 2.43. The molecule has 0 N–H and O–H groups in total. The van der Waals surface area contributed by atoms with E-state index in [0.717, 1.165) is 35.5 Å². The van der Waals surface area contributed by atoms with Crippen molar-refractivity contribution in [2.24, 2.45) is 35.5 Å². The van der Waals surface area contributed by atoms with E-state index in [2.05, 4.69) is 27.7 Å². The number of hydrogen-bond donors (Lipinski definition) is 0. The fourth-order valence-corrected chi connectivity index (χ4v) is 4.23. The molecule has 0 aromatic heterocycles. The van der Waals surface area contributed by atoms with E-state index in [4.69, 9.17) is 0 Å². The van der Waals surface area contributed by atoms with Gasteiger partial charge in [-0.25, -0.2) is 0 Å². The minimum atomic E-state index is 0.948. The van der Waals surface area contributed by atoms with Crippen LogP contribution in [-0.2, 0) is 0 Å². The smallest absolute Gasteiger partial charge is 0.0355 e. The number of rotatable bonds is 0. The Balaban J connectivity index is 2.16. The van der Waals surface area contributed by atoms with Gasteiger partial charge in [0.25, 0.3) is 0 Å². The molecule has 3 unspecified atom stereocenters. The highest BCUT2D eigenvalue weighted by atomic mass is 14.5. The van der Waals surface area contributed by atoms with Crippen LogP contribution in [0, 0.1) is 35.5 Å². The second kappa shape index (κ2) is 3.87. The molecule has 0 nitrogen and oxygen atoms in total. The lowest BCUT2D eigenvalue weighted by Crippen LogP contribution is -2.43. The van der Waals surface area contributed by atoms with Crippen molar-refractivity contribution >= 4 is 0 Å². The molecule has 0 bridgehead atoms. The van der Waals surface area contributed by atoms with Gasteiger partial charge in [0, 0.05) is 0 Å². The summed E-state index contributed by atoms with van der Waals surface area (Å²) >= 11 is 0. The lowest BCUT2D eigenvalue weighted by Gasteiger charge is -2.50. The Bertz CT molecular complexity index is 174. The normalized spacial score (nSPS) is 54.0. The van der Waals surface area contributed by atoms with Gasteiger partial charge in [-0.2, -0.15) is 0 Å². The SMILES string of the molecule is CC1[C@@H]2CCCCC2C(C)[C@H](C)[C@@H]1C. The third kappa shape index (κ3) is 1.51. The standard InChI is InChI=1S/C14H26/c1-9-10(2)12(4)14-8-6-5-7-13(14)11(9)3/h9-14H,5-8H2,1-4H3/t9-,10+,11?,12?,13-,14?/m0/s1. The monoisotopic (exact) mass is 194 g/mol. The molecule has 2 fully saturated rings. The zero-order chi connectivity index (χ0) is 10.3. The van der Waals surface area contributed by atoms with Crippen LogP contribution in [0.15, 0.2) is 0 Å². The maximum absolute atomic E-state index is 2.51. The van der Waals surface area contributed by atoms with Crippen molar-refractivity contribution in [1.29, 1.82) is 0 Å². The van der Waals surface area contributed by atoms with Gasteiger partial charge in [0.05, 0.1) is 0 Å². The first-order chi connectivity index (χ1) is 6.63. The van der Waals surface area contributed by atoms with Crippen LogP contribution in [0.3, 0.4) is 0 Å². The third-order valence-electron chi connectivity index (χ3n) is 5.71. The van der Waals surface area contributed by atoms with E-state index in [1.165, 1.54) is 25.7 Å². The molecule has 14 heavy (non-hydrogen) atoms. The van der Waals surface area contributed by atoms with Gasteiger partial charge in [-0.15, -0.1) is 0 Å². The Morgan fingerprint density at radius 3 is 1.29 bits per heavy atom. The maximum Gasteiger partial charge on any atom is -0.0355 e. The van der Waals surface area contributed by atoms with Crippen LogP contribution >= 0.6 is 0 Å². The molecular weight excluding hydrogens is 168 g/mol. The van der Waals surface area contributed by atoms with Gasteiger partial charge in [-0.1, -0.05) is 40.5 Å². The quantitative estimate of drug-likeness (QED) is 0.538. The summed E-state index contributed by atoms with van der Waals surface area (Å²) in [5.41, 5.74) is 0. The molecule has 2 rings (SSSR count). The highest BCUT2D eigenvalue weighted by molar-refractivity contribution is 4.92. The Morgan fingerprint density at radius 1 is 0.571 bits per heavy atom. The lowest BCUT2D eigenvalue weighted by molar-refractivity contribution is -0.0134. The largest absolute Gasteiger partial charge is 0.0620 e. The summed E-state index contributed by atoms with van der Waals surface area (Å²) in [5.74, 6) is 5.97. The molecule has 0 heteroatoms. The van der Waals surface area contributed by atoms with E-state index in [1.807, 2.05) is 0 Å². The molecule has 0 radical (unpaired) electrons. The van der Waals surface area contributed by atoms with E-state index in [-0.39, 0.29) is 0 Å². The van der Waals surface area contributed by atoms with Crippen LogP contribution in [0.4, 0.5) is 0 Å². The fourth-order valence-electron chi connectivity index (χ4n) is 4.23. The van der Waals surface area contributed by atoms with E-state index in [1.54, 1.807) is 0 Å². The average Bonchev–Trinajstić information content (AvgIpc) is 2.23. The first kappa shape index (κ1) is 10.5. The van der Waals surface area contributed by atoms with Gasteiger partial charge in [-0.3, -0.25) is 0 Å². The second-order valence-electron chi connectivity index (χ2n) is 6.05. The molecular formula is C14H26. The molecule has 0 heterocycles. The molecule has 2 aliphatic rings. The van der Waals surface area contributed by atoms with Crippen molar-refractivity contribution in [1.82, 2.24) is 0 Å². The molecule has 0 spiro atoms.